The van der Waals surface area contributed by atoms with E-state index in [2.05, 4.69) is 10.1 Å². The number of nitrogens with zero attached hydrogens (tertiary/aromatic N) is 3. The molecule has 0 amide bonds. The van der Waals surface area contributed by atoms with Gasteiger partial charge in [-0.25, -0.2) is 4.98 Å². The highest BCUT2D eigenvalue weighted by Crippen LogP contribution is 2.19. The second-order valence-electron chi connectivity index (χ2n) is 5.90. The van der Waals surface area contributed by atoms with Crippen LogP contribution in [-0.2, 0) is 22.6 Å². The Balaban J connectivity index is 1.49. The van der Waals surface area contributed by atoms with Crippen LogP contribution in [0.5, 0.6) is 0 Å². The summed E-state index contributed by atoms with van der Waals surface area (Å²) in [7, 11) is 0. The maximum absolute atomic E-state index is 12.2. The van der Waals surface area contributed by atoms with Crippen LogP contribution in [0.1, 0.15) is 16.3 Å². The zero-order chi connectivity index (χ0) is 18.1. The van der Waals surface area contributed by atoms with Gasteiger partial charge in [-0.1, -0.05) is 53.8 Å². The zero-order valence-corrected chi connectivity index (χ0v) is 14.8. The number of carbonyl (C=O) groups is 1. The molecule has 0 radical (unpaired) electrons. The molecule has 0 atom stereocenters. The molecular formula is C19H15N3O3S. The van der Waals surface area contributed by atoms with Crippen LogP contribution in [0.3, 0.4) is 0 Å². The molecule has 26 heavy (non-hydrogen) atoms. The van der Waals surface area contributed by atoms with Crippen molar-refractivity contribution in [3.05, 3.63) is 75.1 Å². The summed E-state index contributed by atoms with van der Waals surface area (Å²) in [6.45, 7) is 1.78. The van der Waals surface area contributed by atoms with Crippen molar-refractivity contribution in [2.45, 2.75) is 20.0 Å². The van der Waals surface area contributed by atoms with Gasteiger partial charge in [0, 0.05) is 11.8 Å². The number of hydrogen-bond acceptors (Lipinski definition) is 6. The van der Waals surface area contributed by atoms with E-state index >= 15 is 0 Å². The quantitative estimate of drug-likeness (QED) is 0.520. The lowest BCUT2D eigenvalue weighted by Crippen LogP contribution is -2.14. The Hall–Kier alpha value is -3.06. The Labute approximate surface area is 152 Å². The number of ether oxygens (including phenoxy) is 1. The van der Waals surface area contributed by atoms with Crippen molar-refractivity contribution in [1.82, 2.24) is 14.6 Å². The van der Waals surface area contributed by atoms with E-state index in [0.29, 0.717) is 15.7 Å². The van der Waals surface area contributed by atoms with Crippen molar-refractivity contribution < 1.29 is 9.53 Å². The standard InChI is InChI=1S/C19H15N3O3S/c1-12-9-17(23)22-19(20-12)26-16(21-22)11-25-18(24)10-14-7-4-6-13-5-2-3-8-15(13)14/h2-9H,10-11H2,1H3. The number of esters is 1. The third-order valence-corrected chi connectivity index (χ3v) is 4.87. The van der Waals surface area contributed by atoms with Crippen LogP contribution in [0, 0.1) is 6.92 Å². The number of aromatic nitrogens is 3. The molecule has 130 valence electrons. The highest BCUT2D eigenvalue weighted by atomic mass is 32.1. The third kappa shape index (κ3) is 3.21. The molecule has 0 N–H and O–H groups in total. The maximum Gasteiger partial charge on any atom is 0.310 e. The summed E-state index contributed by atoms with van der Waals surface area (Å²) in [5.74, 6) is -0.336. The third-order valence-electron chi connectivity index (χ3n) is 3.99. The summed E-state index contributed by atoms with van der Waals surface area (Å²) in [5.41, 5.74) is 1.32. The largest absolute Gasteiger partial charge is 0.458 e. The van der Waals surface area contributed by atoms with Crippen molar-refractivity contribution in [3.63, 3.8) is 0 Å². The molecule has 0 aliphatic carbocycles. The van der Waals surface area contributed by atoms with Gasteiger partial charge in [-0.2, -0.15) is 9.61 Å². The van der Waals surface area contributed by atoms with Crippen molar-refractivity contribution in [2.24, 2.45) is 0 Å². The first-order chi connectivity index (χ1) is 12.6. The van der Waals surface area contributed by atoms with Gasteiger partial charge in [0.25, 0.3) is 5.56 Å². The first-order valence-electron chi connectivity index (χ1n) is 8.09. The molecule has 0 unspecified atom stereocenters. The minimum Gasteiger partial charge on any atom is -0.458 e. The monoisotopic (exact) mass is 365 g/mol. The predicted octanol–water partition coefficient (Wildman–Crippen LogP) is 2.90. The van der Waals surface area contributed by atoms with E-state index in [1.807, 2.05) is 42.5 Å². The van der Waals surface area contributed by atoms with Gasteiger partial charge in [-0.15, -0.1) is 0 Å². The van der Waals surface area contributed by atoms with E-state index in [9.17, 15) is 9.59 Å². The molecule has 4 aromatic rings. The molecule has 2 aromatic heterocycles. The Bertz CT molecular complexity index is 1170. The van der Waals surface area contributed by atoms with Gasteiger partial charge in [0.15, 0.2) is 5.01 Å². The van der Waals surface area contributed by atoms with Crippen molar-refractivity contribution in [2.75, 3.05) is 0 Å². The molecule has 0 saturated carbocycles. The first kappa shape index (κ1) is 16.4. The summed E-state index contributed by atoms with van der Waals surface area (Å²) >= 11 is 1.24. The van der Waals surface area contributed by atoms with E-state index < -0.39 is 0 Å². The lowest BCUT2D eigenvalue weighted by atomic mass is 10.0. The number of rotatable bonds is 4. The summed E-state index contributed by atoms with van der Waals surface area (Å²) in [5, 5.41) is 6.83. The normalized spacial score (nSPS) is 11.1. The molecule has 6 nitrogen and oxygen atoms in total. The lowest BCUT2D eigenvalue weighted by Gasteiger charge is -2.06. The molecule has 0 spiro atoms. The molecule has 4 rings (SSSR count). The lowest BCUT2D eigenvalue weighted by molar-refractivity contribution is -0.144. The van der Waals surface area contributed by atoms with Crippen LogP contribution in [0.15, 0.2) is 53.3 Å². The average molecular weight is 365 g/mol. The van der Waals surface area contributed by atoms with Gasteiger partial charge < -0.3 is 4.74 Å². The van der Waals surface area contributed by atoms with Crippen molar-refractivity contribution in [3.8, 4) is 0 Å². The van der Waals surface area contributed by atoms with E-state index in [4.69, 9.17) is 4.74 Å². The van der Waals surface area contributed by atoms with Crippen molar-refractivity contribution in [1.29, 1.82) is 0 Å². The molecule has 0 saturated heterocycles. The molecule has 0 aliphatic rings. The minimum atomic E-state index is -0.336. The molecule has 2 aromatic carbocycles. The number of aryl methyl sites for hydroxylation is 1. The van der Waals surface area contributed by atoms with Crippen LogP contribution in [-0.4, -0.2) is 20.6 Å². The Morgan fingerprint density at radius 3 is 2.88 bits per heavy atom. The second kappa shape index (κ2) is 6.68. The Morgan fingerprint density at radius 1 is 1.19 bits per heavy atom. The van der Waals surface area contributed by atoms with Gasteiger partial charge in [0.1, 0.15) is 6.61 Å². The zero-order valence-electron chi connectivity index (χ0n) is 14.0. The minimum absolute atomic E-state index is 0.0239. The average Bonchev–Trinajstić information content (AvgIpc) is 3.04. The van der Waals surface area contributed by atoms with Crippen molar-refractivity contribution >= 4 is 33.0 Å². The Morgan fingerprint density at radius 2 is 2.00 bits per heavy atom. The molecule has 2 heterocycles. The fourth-order valence-corrected chi connectivity index (χ4v) is 3.67. The number of carbonyl (C=O) groups excluding carboxylic acids is 1. The number of fused-ring (bicyclic) bond motifs is 2. The van der Waals surface area contributed by atoms with Crippen LogP contribution in [0.25, 0.3) is 15.7 Å². The van der Waals surface area contributed by atoms with Gasteiger partial charge in [0.2, 0.25) is 4.96 Å². The topological polar surface area (TPSA) is 73.6 Å². The predicted molar refractivity (Wildman–Crippen MR) is 99.3 cm³/mol. The SMILES string of the molecule is Cc1cc(=O)n2nc(COC(=O)Cc3cccc4ccccc34)sc2n1. The summed E-state index contributed by atoms with van der Waals surface area (Å²) in [4.78, 5) is 28.9. The highest BCUT2D eigenvalue weighted by Gasteiger charge is 2.12. The number of benzene rings is 2. The van der Waals surface area contributed by atoms with E-state index in [0.717, 1.165) is 16.3 Å². The molecule has 0 fully saturated rings. The fourth-order valence-electron chi connectivity index (χ4n) is 2.81. The second-order valence-corrected chi connectivity index (χ2v) is 6.94. The van der Waals surface area contributed by atoms with Crippen LogP contribution in [0.2, 0.25) is 0 Å². The van der Waals surface area contributed by atoms with E-state index in [1.165, 1.54) is 21.9 Å². The first-order valence-corrected chi connectivity index (χ1v) is 8.90. The Kier molecular flexibility index (Phi) is 4.22. The van der Waals surface area contributed by atoms with E-state index in [1.54, 1.807) is 6.92 Å². The van der Waals surface area contributed by atoms with E-state index in [-0.39, 0.29) is 24.6 Å². The highest BCUT2D eigenvalue weighted by molar-refractivity contribution is 7.16. The molecular weight excluding hydrogens is 350 g/mol. The van der Waals surface area contributed by atoms with Crippen LogP contribution < -0.4 is 5.56 Å². The van der Waals surface area contributed by atoms with Crippen LogP contribution >= 0.6 is 11.3 Å². The summed E-state index contributed by atoms with van der Waals surface area (Å²) in [6, 6.07) is 15.2. The molecule has 0 bridgehead atoms. The molecule has 0 aliphatic heterocycles. The van der Waals surface area contributed by atoms with Crippen LogP contribution in [0.4, 0.5) is 0 Å². The van der Waals surface area contributed by atoms with Gasteiger partial charge in [-0.05, 0) is 23.3 Å². The van der Waals surface area contributed by atoms with Gasteiger partial charge in [-0.3, -0.25) is 9.59 Å². The summed E-state index contributed by atoms with van der Waals surface area (Å²) in [6.07, 6.45) is 0.184. The van der Waals surface area contributed by atoms with Gasteiger partial charge in [0.05, 0.1) is 6.42 Å². The molecule has 7 heteroatoms. The smallest absolute Gasteiger partial charge is 0.310 e. The van der Waals surface area contributed by atoms with Gasteiger partial charge >= 0.3 is 5.97 Å². The maximum atomic E-state index is 12.2. The summed E-state index contributed by atoms with van der Waals surface area (Å²) < 4.78 is 6.57. The number of hydrogen-bond donors (Lipinski definition) is 0. The fraction of sp³-hybridized carbons (Fsp3) is 0.158.